The van der Waals surface area contributed by atoms with Crippen LogP contribution < -0.4 is 15.0 Å². The molecule has 0 radical (unpaired) electrons. The summed E-state index contributed by atoms with van der Waals surface area (Å²) in [6.45, 7) is 7.70. The van der Waals surface area contributed by atoms with Crippen molar-refractivity contribution in [1.82, 2.24) is 5.32 Å². The topological polar surface area (TPSA) is 41.6 Å². The lowest BCUT2D eigenvalue weighted by Gasteiger charge is -2.19. The average molecular weight is 354 g/mol. The van der Waals surface area contributed by atoms with Crippen LogP contribution in [0.25, 0.3) is 0 Å². The monoisotopic (exact) mass is 354 g/mol. The summed E-state index contributed by atoms with van der Waals surface area (Å²) >= 11 is 0. The number of aryl methyl sites for hydroxylation is 1. The van der Waals surface area contributed by atoms with Crippen molar-refractivity contribution in [3.8, 4) is 5.75 Å². The predicted molar refractivity (Wildman–Crippen MR) is 108 cm³/mol. The van der Waals surface area contributed by atoms with Crippen molar-refractivity contribution in [2.24, 2.45) is 0 Å². The Balaban J connectivity index is 1.93. The second-order valence-electron chi connectivity index (χ2n) is 6.93. The Kier molecular flexibility index (Phi) is 7.07. The van der Waals surface area contributed by atoms with Crippen molar-refractivity contribution >= 4 is 11.6 Å². The van der Waals surface area contributed by atoms with E-state index in [9.17, 15) is 4.79 Å². The Morgan fingerprint density at radius 3 is 2.50 bits per heavy atom. The number of amides is 1. The van der Waals surface area contributed by atoms with Gasteiger partial charge in [0.15, 0.2) is 0 Å². The van der Waals surface area contributed by atoms with Crippen molar-refractivity contribution in [2.75, 3.05) is 32.1 Å². The number of nitrogens with one attached hydrogen (secondary N) is 1. The lowest BCUT2D eigenvalue weighted by Crippen LogP contribution is -2.28. The smallest absolute Gasteiger partial charge is 0.251 e. The minimum absolute atomic E-state index is 0.0191. The normalized spacial score (nSPS) is 10.7. The second-order valence-corrected chi connectivity index (χ2v) is 6.93. The van der Waals surface area contributed by atoms with E-state index in [1.54, 1.807) is 7.11 Å². The third kappa shape index (κ3) is 5.01. The summed E-state index contributed by atoms with van der Waals surface area (Å²) in [4.78, 5) is 14.8. The fourth-order valence-electron chi connectivity index (χ4n) is 3.00. The van der Waals surface area contributed by atoms with Gasteiger partial charge in [-0.2, -0.15) is 0 Å². The van der Waals surface area contributed by atoms with Crippen LogP contribution >= 0.6 is 0 Å². The van der Waals surface area contributed by atoms with Gasteiger partial charge < -0.3 is 15.0 Å². The van der Waals surface area contributed by atoms with Crippen LogP contribution in [0.15, 0.2) is 42.5 Å². The number of methoxy groups -OCH3 is 1. The van der Waals surface area contributed by atoms with Gasteiger partial charge in [0, 0.05) is 31.4 Å². The number of nitrogens with zero attached hydrogens (tertiary/aromatic N) is 1. The molecule has 0 aliphatic carbocycles. The first-order valence-corrected chi connectivity index (χ1v) is 9.17. The number of hydrogen-bond donors (Lipinski definition) is 1. The molecule has 0 fully saturated rings. The van der Waals surface area contributed by atoms with E-state index in [0.717, 1.165) is 35.4 Å². The highest BCUT2D eigenvalue weighted by Crippen LogP contribution is 2.29. The summed E-state index contributed by atoms with van der Waals surface area (Å²) in [7, 11) is 3.74. The van der Waals surface area contributed by atoms with Crippen LogP contribution in [0.1, 0.15) is 47.7 Å². The van der Waals surface area contributed by atoms with Crippen molar-refractivity contribution in [1.29, 1.82) is 0 Å². The average Bonchev–Trinajstić information content (AvgIpc) is 2.64. The number of rotatable bonds is 8. The van der Waals surface area contributed by atoms with E-state index < -0.39 is 0 Å². The Hall–Kier alpha value is -2.49. The number of anilines is 1. The summed E-state index contributed by atoms with van der Waals surface area (Å²) in [5.74, 6) is 1.13. The van der Waals surface area contributed by atoms with Gasteiger partial charge in [-0.05, 0) is 54.7 Å². The highest BCUT2D eigenvalue weighted by molar-refractivity contribution is 5.96. The second kappa shape index (κ2) is 9.27. The molecule has 0 heterocycles. The van der Waals surface area contributed by atoms with Crippen LogP contribution in [0.4, 0.5) is 5.69 Å². The van der Waals surface area contributed by atoms with E-state index in [2.05, 4.69) is 43.2 Å². The van der Waals surface area contributed by atoms with Gasteiger partial charge in [-0.3, -0.25) is 4.79 Å². The molecular formula is C22H30N2O2. The third-order valence-electron chi connectivity index (χ3n) is 4.60. The van der Waals surface area contributed by atoms with Crippen LogP contribution in [-0.4, -0.2) is 33.2 Å². The Morgan fingerprint density at radius 1 is 1.19 bits per heavy atom. The van der Waals surface area contributed by atoms with Gasteiger partial charge in [0.05, 0.1) is 7.11 Å². The SMILES string of the molecule is COc1cc(C)c(C(=O)NCCCN(C)c2ccccc2)cc1C(C)C. The summed E-state index contributed by atoms with van der Waals surface area (Å²) in [6, 6.07) is 14.2. The Bertz CT molecular complexity index is 726. The van der Waals surface area contributed by atoms with Crippen molar-refractivity contribution < 1.29 is 9.53 Å². The minimum Gasteiger partial charge on any atom is -0.496 e. The van der Waals surface area contributed by atoms with E-state index >= 15 is 0 Å². The minimum atomic E-state index is -0.0191. The zero-order chi connectivity index (χ0) is 19.1. The van der Waals surface area contributed by atoms with Crippen LogP contribution in [-0.2, 0) is 0 Å². The molecule has 0 spiro atoms. The highest BCUT2D eigenvalue weighted by Gasteiger charge is 2.15. The molecule has 0 atom stereocenters. The lowest BCUT2D eigenvalue weighted by molar-refractivity contribution is 0.0952. The summed E-state index contributed by atoms with van der Waals surface area (Å²) in [6.07, 6.45) is 0.892. The number of hydrogen-bond acceptors (Lipinski definition) is 3. The molecule has 0 aliphatic rings. The molecule has 0 bridgehead atoms. The first-order chi connectivity index (χ1) is 12.4. The maximum Gasteiger partial charge on any atom is 0.251 e. The first kappa shape index (κ1) is 19.8. The van der Waals surface area contributed by atoms with Crippen molar-refractivity contribution in [3.63, 3.8) is 0 Å². The number of carbonyl (C=O) groups is 1. The zero-order valence-electron chi connectivity index (χ0n) is 16.5. The molecule has 4 nitrogen and oxygen atoms in total. The van der Waals surface area contributed by atoms with E-state index in [1.807, 2.05) is 37.3 Å². The molecule has 0 unspecified atom stereocenters. The Labute approximate surface area is 157 Å². The number of carbonyl (C=O) groups excluding carboxylic acids is 1. The summed E-state index contributed by atoms with van der Waals surface area (Å²) < 4.78 is 5.45. The molecule has 0 saturated heterocycles. The van der Waals surface area contributed by atoms with Crippen molar-refractivity contribution in [3.05, 3.63) is 59.2 Å². The van der Waals surface area contributed by atoms with E-state index in [1.165, 1.54) is 5.69 Å². The molecule has 140 valence electrons. The van der Waals surface area contributed by atoms with Gasteiger partial charge >= 0.3 is 0 Å². The molecule has 0 aliphatic heterocycles. The zero-order valence-corrected chi connectivity index (χ0v) is 16.5. The fraction of sp³-hybridized carbons (Fsp3) is 0.409. The number of benzene rings is 2. The predicted octanol–water partition coefficient (Wildman–Crippen LogP) is 4.38. The molecule has 2 aromatic carbocycles. The molecule has 1 N–H and O–H groups in total. The highest BCUT2D eigenvalue weighted by atomic mass is 16.5. The van der Waals surface area contributed by atoms with Gasteiger partial charge in [-0.25, -0.2) is 0 Å². The molecule has 0 aromatic heterocycles. The molecule has 2 rings (SSSR count). The first-order valence-electron chi connectivity index (χ1n) is 9.17. The van der Waals surface area contributed by atoms with Gasteiger partial charge in [-0.1, -0.05) is 32.0 Å². The van der Waals surface area contributed by atoms with Crippen LogP contribution in [0, 0.1) is 6.92 Å². The number of para-hydroxylation sites is 1. The van der Waals surface area contributed by atoms with Gasteiger partial charge in [0.1, 0.15) is 5.75 Å². The largest absolute Gasteiger partial charge is 0.496 e. The summed E-state index contributed by atoms with van der Waals surface area (Å²) in [5.41, 5.74) is 3.91. The Morgan fingerprint density at radius 2 is 1.88 bits per heavy atom. The van der Waals surface area contributed by atoms with Gasteiger partial charge in [0.25, 0.3) is 5.91 Å². The van der Waals surface area contributed by atoms with Crippen LogP contribution in [0.3, 0.4) is 0 Å². The molecule has 2 aromatic rings. The molecule has 1 amide bonds. The standard InChI is InChI=1S/C22H30N2O2/c1-16(2)19-15-20(17(3)14-21(19)26-5)22(25)23-12-9-13-24(4)18-10-7-6-8-11-18/h6-8,10-11,14-16H,9,12-13H2,1-5H3,(H,23,25). The quantitative estimate of drug-likeness (QED) is 0.715. The maximum atomic E-state index is 12.6. The molecule has 26 heavy (non-hydrogen) atoms. The maximum absolute atomic E-state index is 12.6. The van der Waals surface area contributed by atoms with E-state index in [4.69, 9.17) is 4.74 Å². The van der Waals surface area contributed by atoms with Crippen LogP contribution in [0.5, 0.6) is 5.75 Å². The van der Waals surface area contributed by atoms with E-state index in [-0.39, 0.29) is 5.91 Å². The van der Waals surface area contributed by atoms with Crippen molar-refractivity contribution in [2.45, 2.75) is 33.1 Å². The lowest BCUT2D eigenvalue weighted by atomic mass is 9.96. The number of ether oxygens (including phenoxy) is 1. The molecule has 4 heteroatoms. The molecular weight excluding hydrogens is 324 g/mol. The van der Waals surface area contributed by atoms with E-state index in [0.29, 0.717) is 12.5 Å². The molecule has 0 saturated carbocycles. The summed E-state index contributed by atoms with van der Waals surface area (Å²) in [5, 5.41) is 3.04. The van der Waals surface area contributed by atoms with Gasteiger partial charge in [0.2, 0.25) is 0 Å². The van der Waals surface area contributed by atoms with Crippen LogP contribution in [0.2, 0.25) is 0 Å². The third-order valence-corrected chi connectivity index (χ3v) is 4.60. The van der Waals surface area contributed by atoms with Gasteiger partial charge in [-0.15, -0.1) is 0 Å². The fourth-order valence-corrected chi connectivity index (χ4v) is 3.00.